The Morgan fingerprint density at radius 2 is 1.62 bits per heavy atom. The highest BCUT2D eigenvalue weighted by atomic mass is 35.5. The second kappa shape index (κ2) is 11.8. The molecule has 0 radical (unpaired) electrons. The summed E-state index contributed by atoms with van der Waals surface area (Å²) in [4.78, 5) is 15.5. The summed E-state index contributed by atoms with van der Waals surface area (Å²) in [6.45, 7) is 5.40. The van der Waals surface area contributed by atoms with Gasteiger partial charge in [0.25, 0.3) is 0 Å². The van der Waals surface area contributed by atoms with Gasteiger partial charge in [0.2, 0.25) is 6.79 Å². The Labute approximate surface area is 233 Å². The first-order valence-electron chi connectivity index (χ1n) is 12.9. The van der Waals surface area contributed by atoms with Crippen molar-refractivity contribution in [3.05, 3.63) is 41.5 Å². The lowest BCUT2D eigenvalue weighted by Crippen LogP contribution is -2.36. The molecule has 0 N–H and O–H groups in total. The van der Waals surface area contributed by atoms with Gasteiger partial charge < -0.3 is 33.2 Å². The van der Waals surface area contributed by atoms with Gasteiger partial charge in [-0.15, -0.1) is 12.4 Å². The van der Waals surface area contributed by atoms with Crippen LogP contribution < -0.4 is 23.7 Å². The van der Waals surface area contributed by atoms with E-state index in [1.807, 2.05) is 30.3 Å². The summed E-state index contributed by atoms with van der Waals surface area (Å²) in [6.07, 6.45) is 1.90. The molecule has 0 amide bonds. The Kier molecular flexibility index (Phi) is 8.20. The van der Waals surface area contributed by atoms with Gasteiger partial charge in [0, 0.05) is 29.6 Å². The third-order valence-electron chi connectivity index (χ3n) is 7.30. The van der Waals surface area contributed by atoms with E-state index in [9.17, 15) is 4.79 Å². The van der Waals surface area contributed by atoms with Crippen molar-refractivity contribution in [1.82, 2.24) is 4.90 Å². The molecular weight excluding hydrogens is 526 g/mol. The van der Waals surface area contributed by atoms with Crippen LogP contribution in [0.5, 0.6) is 28.7 Å². The smallest absolute Gasteiger partial charge is 0.339 e. The maximum absolute atomic E-state index is 13.1. The first-order chi connectivity index (χ1) is 18.7. The van der Waals surface area contributed by atoms with E-state index in [2.05, 4.69) is 4.90 Å². The van der Waals surface area contributed by atoms with Crippen LogP contribution >= 0.6 is 12.4 Å². The van der Waals surface area contributed by atoms with E-state index in [0.29, 0.717) is 40.9 Å². The number of halogens is 1. The van der Waals surface area contributed by atoms with Crippen molar-refractivity contribution in [3.63, 3.8) is 0 Å². The minimum atomic E-state index is -0.374. The van der Waals surface area contributed by atoms with Crippen LogP contribution in [0, 0.1) is 0 Å². The number of esters is 1. The van der Waals surface area contributed by atoms with E-state index in [0.717, 1.165) is 73.2 Å². The van der Waals surface area contributed by atoms with Gasteiger partial charge in [-0.05, 0) is 54.6 Å². The maximum atomic E-state index is 13.1. The van der Waals surface area contributed by atoms with Crippen molar-refractivity contribution in [2.75, 3.05) is 60.5 Å². The van der Waals surface area contributed by atoms with E-state index >= 15 is 0 Å². The number of hydrogen-bond acceptors (Lipinski definition) is 9. The fraction of sp³-hybridized carbons (Fsp3) is 0.414. The third-order valence-corrected chi connectivity index (χ3v) is 7.30. The predicted molar refractivity (Wildman–Crippen MR) is 147 cm³/mol. The summed E-state index contributed by atoms with van der Waals surface area (Å²) < 4.78 is 39.8. The van der Waals surface area contributed by atoms with E-state index in [-0.39, 0.29) is 31.8 Å². The van der Waals surface area contributed by atoms with Gasteiger partial charge in [-0.1, -0.05) is 6.07 Å². The summed E-state index contributed by atoms with van der Waals surface area (Å²) in [6, 6.07) is 9.49. The largest absolute Gasteiger partial charge is 0.493 e. The first-order valence-corrected chi connectivity index (χ1v) is 12.9. The van der Waals surface area contributed by atoms with E-state index in [1.54, 1.807) is 14.2 Å². The van der Waals surface area contributed by atoms with Crippen molar-refractivity contribution in [3.8, 4) is 39.9 Å². The molecule has 0 atom stereocenters. The number of hydrogen-bond donors (Lipinski definition) is 0. The molecule has 3 aliphatic heterocycles. The molecule has 3 heterocycles. The lowest BCUT2D eigenvalue weighted by Gasteiger charge is -2.26. The Bertz CT molecular complexity index is 1370. The van der Waals surface area contributed by atoms with Crippen molar-refractivity contribution in [2.24, 2.45) is 0 Å². The zero-order valence-electron chi connectivity index (χ0n) is 22.1. The maximum Gasteiger partial charge on any atom is 0.339 e. The lowest BCUT2D eigenvalue weighted by atomic mass is 9.89. The Morgan fingerprint density at radius 3 is 2.38 bits per heavy atom. The van der Waals surface area contributed by atoms with Crippen LogP contribution in [0.2, 0.25) is 0 Å². The molecule has 0 bridgehead atoms. The van der Waals surface area contributed by atoms with Crippen LogP contribution in [0.4, 0.5) is 0 Å². The number of fused-ring (bicyclic) bond motifs is 3. The number of unbranched alkanes of at least 4 members (excludes halogenated alkanes) is 1. The van der Waals surface area contributed by atoms with E-state index in [1.165, 1.54) is 0 Å². The molecule has 1 fully saturated rings. The zero-order valence-corrected chi connectivity index (χ0v) is 22.9. The molecule has 6 rings (SSSR count). The highest BCUT2D eigenvalue weighted by Crippen LogP contribution is 2.49. The normalized spacial score (nSPS) is 16.0. The predicted octanol–water partition coefficient (Wildman–Crippen LogP) is 4.84. The van der Waals surface area contributed by atoms with Gasteiger partial charge >= 0.3 is 5.97 Å². The van der Waals surface area contributed by atoms with Crippen LogP contribution in [-0.4, -0.2) is 71.3 Å². The topological polar surface area (TPSA) is 84.9 Å². The number of cyclic esters (lactones) is 1. The van der Waals surface area contributed by atoms with Crippen LogP contribution in [0.3, 0.4) is 0 Å². The second-order valence-corrected chi connectivity index (χ2v) is 9.46. The number of carbonyl (C=O) groups excluding carboxylic acids is 1. The molecule has 10 heteroatoms. The van der Waals surface area contributed by atoms with Gasteiger partial charge in [0.15, 0.2) is 23.0 Å². The molecule has 9 nitrogen and oxygen atoms in total. The summed E-state index contributed by atoms with van der Waals surface area (Å²) >= 11 is 0. The minimum Gasteiger partial charge on any atom is -0.493 e. The molecule has 0 unspecified atom stereocenters. The SMILES string of the molecule is COc1cc2c(OCCCCN3CCOCC3)c3c(c(-c4ccc5c(c4)OCO5)c2cc1OC)C(=O)OC3.Cl. The van der Waals surface area contributed by atoms with E-state index < -0.39 is 0 Å². The summed E-state index contributed by atoms with van der Waals surface area (Å²) in [5, 5.41) is 1.64. The summed E-state index contributed by atoms with van der Waals surface area (Å²) in [5.41, 5.74) is 2.82. The van der Waals surface area contributed by atoms with Gasteiger partial charge in [0.05, 0.1) is 39.6 Å². The highest BCUT2D eigenvalue weighted by Gasteiger charge is 2.33. The monoisotopic (exact) mass is 557 g/mol. The van der Waals surface area contributed by atoms with Crippen molar-refractivity contribution >= 4 is 29.1 Å². The number of ether oxygens (including phenoxy) is 7. The highest BCUT2D eigenvalue weighted by molar-refractivity contribution is 6.14. The Hall–Kier alpha value is -3.40. The number of benzene rings is 3. The second-order valence-electron chi connectivity index (χ2n) is 9.46. The average Bonchev–Trinajstić information content (AvgIpc) is 3.58. The van der Waals surface area contributed by atoms with Crippen LogP contribution in [0.15, 0.2) is 30.3 Å². The quantitative estimate of drug-likeness (QED) is 0.271. The lowest BCUT2D eigenvalue weighted by molar-refractivity contribution is 0.0368. The zero-order chi connectivity index (χ0) is 26.1. The van der Waals surface area contributed by atoms with Crippen molar-refractivity contribution in [1.29, 1.82) is 0 Å². The number of rotatable bonds is 9. The summed E-state index contributed by atoms with van der Waals surface area (Å²) in [7, 11) is 3.20. The Morgan fingerprint density at radius 1 is 0.872 bits per heavy atom. The Balaban J connectivity index is 0.00000308. The fourth-order valence-electron chi connectivity index (χ4n) is 5.36. The number of morpholine rings is 1. The first kappa shape index (κ1) is 27.2. The molecule has 0 aliphatic carbocycles. The minimum absolute atomic E-state index is 0. The molecule has 0 spiro atoms. The molecule has 3 aromatic carbocycles. The molecule has 1 saturated heterocycles. The number of nitrogens with zero attached hydrogens (tertiary/aromatic N) is 1. The number of methoxy groups -OCH3 is 2. The average molecular weight is 558 g/mol. The molecule has 0 aromatic heterocycles. The van der Waals surface area contributed by atoms with Gasteiger partial charge in [-0.25, -0.2) is 4.79 Å². The van der Waals surface area contributed by atoms with Crippen LogP contribution in [0.1, 0.15) is 28.8 Å². The molecule has 3 aromatic rings. The molecule has 3 aliphatic rings. The molecule has 0 saturated carbocycles. The standard InChI is InChI=1S/C29H31NO8.ClH/c1-32-23-14-19-20(15-24(23)33-2)28(35-10-4-3-7-30-8-11-34-12-9-30)21-16-36-29(31)27(21)26(19)18-5-6-22-25(13-18)38-17-37-22;/h5-6,13-15H,3-4,7-12,16-17H2,1-2H3;1H. The summed E-state index contributed by atoms with van der Waals surface area (Å²) in [5.74, 6) is 2.73. The molecule has 39 heavy (non-hydrogen) atoms. The van der Waals surface area contributed by atoms with Gasteiger partial charge in [-0.2, -0.15) is 0 Å². The number of carbonyl (C=O) groups is 1. The van der Waals surface area contributed by atoms with Crippen LogP contribution in [0.25, 0.3) is 21.9 Å². The van der Waals surface area contributed by atoms with Gasteiger partial charge in [0.1, 0.15) is 12.4 Å². The van der Waals surface area contributed by atoms with Crippen molar-refractivity contribution in [2.45, 2.75) is 19.4 Å². The van der Waals surface area contributed by atoms with Crippen molar-refractivity contribution < 1.29 is 38.0 Å². The van der Waals surface area contributed by atoms with Gasteiger partial charge in [-0.3, -0.25) is 4.90 Å². The van der Waals surface area contributed by atoms with E-state index in [4.69, 9.17) is 33.2 Å². The third kappa shape index (κ3) is 5.14. The molecule has 208 valence electrons. The fourth-order valence-corrected chi connectivity index (χ4v) is 5.36. The van der Waals surface area contributed by atoms with Crippen LogP contribution in [-0.2, 0) is 16.1 Å². The molecular formula is C29H32ClNO8.